The lowest BCUT2D eigenvalue weighted by Gasteiger charge is -2.35. The number of para-hydroxylation sites is 1. The quantitative estimate of drug-likeness (QED) is 0.429. The van der Waals surface area contributed by atoms with Gasteiger partial charge in [0.2, 0.25) is 0 Å². The van der Waals surface area contributed by atoms with Crippen LogP contribution in [0.3, 0.4) is 0 Å². The first-order chi connectivity index (χ1) is 15.3. The van der Waals surface area contributed by atoms with E-state index in [1.807, 2.05) is 19.2 Å². The van der Waals surface area contributed by atoms with Crippen molar-refractivity contribution in [2.75, 3.05) is 56.5 Å². The van der Waals surface area contributed by atoms with Crippen LogP contribution in [0.2, 0.25) is 0 Å². The summed E-state index contributed by atoms with van der Waals surface area (Å²) in [6.45, 7) is 5.18. The van der Waals surface area contributed by atoms with Crippen molar-refractivity contribution in [3.8, 4) is 11.8 Å². The van der Waals surface area contributed by atoms with Crippen LogP contribution in [0.1, 0.15) is 0 Å². The molecular weight excluding hydrogens is 394 g/mol. The summed E-state index contributed by atoms with van der Waals surface area (Å²) in [6.07, 6.45) is 4.65. The predicted molar refractivity (Wildman–Crippen MR) is 121 cm³/mol. The van der Waals surface area contributed by atoms with Gasteiger partial charge in [-0.1, -0.05) is 12.1 Å². The third-order valence-electron chi connectivity index (χ3n) is 5.58. The zero-order valence-electron chi connectivity index (χ0n) is 17.4. The van der Waals surface area contributed by atoms with Gasteiger partial charge in [-0.15, -0.1) is 0 Å². The highest BCUT2D eigenvalue weighted by Gasteiger charge is 2.24. The molecular formula is C21H25N9O. The number of aromatic amines is 1. The lowest BCUT2D eigenvalue weighted by Crippen LogP contribution is -2.48. The number of piperazine rings is 1. The lowest BCUT2D eigenvalue weighted by atomic mass is 10.1. The molecule has 0 radical (unpaired) electrons. The molecule has 0 spiro atoms. The van der Waals surface area contributed by atoms with Gasteiger partial charge in [-0.05, 0) is 6.07 Å². The summed E-state index contributed by atoms with van der Waals surface area (Å²) in [6, 6.07) is 6.43. The number of rotatable bonds is 6. The van der Waals surface area contributed by atoms with Gasteiger partial charge in [0.15, 0.2) is 5.75 Å². The van der Waals surface area contributed by atoms with E-state index < -0.39 is 0 Å². The van der Waals surface area contributed by atoms with Gasteiger partial charge in [0.25, 0.3) is 0 Å². The van der Waals surface area contributed by atoms with E-state index in [0.29, 0.717) is 12.3 Å². The predicted octanol–water partition coefficient (Wildman–Crippen LogP) is 1.82. The summed E-state index contributed by atoms with van der Waals surface area (Å²) in [5, 5.41) is 5.32. The molecule has 4 N–H and O–H groups in total. The molecule has 31 heavy (non-hydrogen) atoms. The molecule has 0 atom stereocenters. The van der Waals surface area contributed by atoms with Crippen molar-refractivity contribution in [3.05, 3.63) is 36.9 Å². The van der Waals surface area contributed by atoms with Gasteiger partial charge in [0, 0.05) is 51.7 Å². The second-order valence-electron chi connectivity index (χ2n) is 7.45. The molecule has 1 aromatic carbocycles. The summed E-state index contributed by atoms with van der Waals surface area (Å²) in [5.41, 5.74) is 8.48. The second kappa shape index (κ2) is 8.32. The highest BCUT2D eigenvalue weighted by atomic mass is 16.5. The molecule has 0 bridgehead atoms. The first kappa shape index (κ1) is 19.5. The van der Waals surface area contributed by atoms with Crippen LogP contribution >= 0.6 is 0 Å². The Morgan fingerprint density at radius 3 is 2.68 bits per heavy atom. The monoisotopic (exact) mass is 419 g/mol. The Bertz CT molecular complexity index is 1190. The molecule has 1 saturated heterocycles. The van der Waals surface area contributed by atoms with Crippen molar-refractivity contribution in [2.45, 2.75) is 0 Å². The zero-order chi connectivity index (χ0) is 21.2. The van der Waals surface area contributed by atoms with Crippen molar-refractivity contribution in [2.24, 2.45) is 5.73 Å². The van der Waals surface area contributed by atoms with E-state index >= 15 is 0 Å². The standard InChI is InChI=1S/C21H25N9O/c1-23-16-4-2-3-15-17-19(26-18(15)16)27-21(31-14-11-24-13-25-12-14)28-20(17)30-9-7-29(6-5-22)8-10-30/h2-4,11-13,23H,5-10,22H2,1H3,(H,26,27,28). The summed E-state index contributed by atoms with van der Waals surface area (Å²) in [7, 11) is 1.91. The largest absolute Gasteiger partial charge is 0.421 e. The maximum Gasteiger partial charge on any atom is 0.326 e. The molecule has 160 valence electrons. The number of anilines is 2. The molecule has 0 aliphatic carbocycles. The maximum absolute atomic E-state index is 5.89. The minimum Gasteiger partial charge on any atom is -0.421 e. The van der Waals surface area contributed by atoms with Crippen molar-refractivity contribution in [3.63, 3.8) is 0 Å². The molecule has 1 aliphatic rings. The normalized spacial score (nSPS) is 15.0. The SMILES string of the molecule is CNc1cccc2c1[nH]c1nc(Oc3cncnc3)nc(N3CCN(CCN)CC3)c12. The molecule has 0 saturated carbocycles. The summed E-state index contributed by atoms with van der Waals surface area (Å²) in [4.78, 5) is 25.6. The molecule has 0 unspecified atom stereocenters. The number of aromatic nitrogens is 5. The average molecular weight is 419 g/mol. The number of ether oxygens (including phenoxy) is 1. The van der Waals surface area contributed by atoms with Gasteiger partial charge in [-0.2, -0.15) is 9.97 Å². The van der Waals surface area contributed by atoms with E-state index in [2.05, 4.69) is 41.1 Å². The molecule has 10 heteroatoms. The molecule has 4 heterocycles. The van der Waals surface area contributed by atoms with Crippen LogP contribution in [0, 0.1) is 0 Å². The van der Waals surface area contributed by atoms with Gasteiger partial charge < -0.3 is 25.7 Å². The van der Waals surface area contributed by atoms with Crippen molar-refractivity contribution in [1.29, 1.82) is 0 Å². The van der Waals surface area contributed by atoms with Crippen LogP contribution in [0.25, 0.3) is 21.9 Å². The summed E-state index contributed by atoms with van der Waals surface area (Å²) < 4.78 is 5.89. The van der Waals surface area contributed by atoms with Crippen LogP contribution in [0.4, 0.5) is 11.5 Å². The van der Waals surface area contributed by atoms with E-state index in [1.165, 1.54) is 6.33 Å². The van der Waals surface area contributed by atoms with Crippen molar-refractivity contribution in [1.82, 2.24) is 29.8 Å². The van der Waals surface area contributed by atoms with E-state index in [9.17, 15) is 0 Å². The average Bonchev–Trinajstić information content (AvgIpc) is 3.18. The van der Waals surface area contributed by atoms with Crippen molar-refractivity contribution < 1.29 is 4.74 Å². The number of hydrogen-bond acceptors (Lipinski definition) is 9. The third kappa shape index (κ3) is 3.71. The van der Waals surface area contributed by atoms with Crippen LogP contribution in [0.15, 0.2) is 36.9 Å². The topological polar surface area (TPSA) is 121 Å². The minimum absolute atomic E-state index is 0.263. The van der Waals surface area contributed by atoms with E-state index in [-0.39, 0.29) is 6.01 Å². The maximum atomic E-state index is 5.89. The molecule has 4 aromatic rings. The highest BCUT2D eigenvalue weighted by molar-refractivity contribution is 6.14. The Morgan fingerprint density at radius 1 is 1.13 bits per heavy atom. The Labute approximate surface area is 179 Å². The fraction of sp³-hybridized carbons (Fsp3) is 0.333. The van der Waals surface area contributed by atoms with Crippen LogP contribution in [0.5, 0.6) is 11.8 Å². The van der Waals surface area contributed by atoms with E-state index in [1.54, 1.807) is 12.4 Å². The Kier molecular flexibility index (Phi) is 5.23. The Balaban J connectivity index is 1.61. The molecule has 0 amide bonds. The van der Waals surface area contributed by atoms with Crippen LogP contribution in [-0.4, -0.2) is 76.1 Å². The summed E-state index contributed by atoms with van der Waals surface area (Å²) in [5.74, 6) is 1.36. The van der Waals surface area contributed by atoms with E-state index in [4.69, 9.17) is 15.5 Å². The first-order valence-electron chi connectivity index (χ1n) is 10.4. The molecule has 10 nitrogen and oxygen atoms in total. The first-order valence-corrected chi connectivity index (χ1v) is 10.4. The number of hydrogen-bond donors (Lipinski definition) is 3. The van der Waals surface area contributed by atoms with E-state index in [0.717, 1.165) is 66.2 Å². The fourth-order valence-corrected chi connectivity index (χ4v) is 4.07. The second-order valence-corrected chi connectivity index (χ2v) is 7.45. The number of H-pyrrole nitrogens is 1. The molecule has 5 rings (SSSR count). The minimum atomic E-state index is 0.263. The number of nitrogens with two attached hydrogens (primary N) is 1. The number of nitrogens with zero attached hydrogens (tertiary/aromatic N) is 6. The Morgan fingerprint density at radius 2 is 1.94 bits per heavy atom. The molecule has 1 aliphatic heterocycles. The van der Waals surface area contributed by atoms with Gasteiger partial charge in [0.1, 0.15) is 17.8 Å². The number of nitrogens with one attached hydrogen (secondary N) is 2. The smallest absolute Gasteiger partial charge is 0.326 e. The van der Waals surface area contributed by atoms with Crippen molar-refractivity contribution >= 4 is 33.4 Å². The van der Waals surface area contributed by atoms with Gasteiger partial charge in [-0.3, -0.25) is 4.90 Å². The fourth-order valence-electron chi connectivity index (χ4n) is 4.07. The Hall–Kier alpha value is -3.50. The van der Waals surface area contributed by atoms with Crippen LogP contribution in [-0.2, 0) is 0 Å². The van der Waals surface area contributed by atoms with Crippen LogP contribution < -0.4 is 20.7 Å². The number of benzene rings is 1. The number of fused-ring (bicyclic) bond motifs is 3. The van der Waals surface area contributed by atoms with Gasteiger partial charge >= 0.3 is 6.01 Å². The highest BCUT2D eigenvalue weighted by Crippen LogP contribution is 2.36. The summed E-state index contributed by atoms with van der Waals surface area (Å²) >= 11 is 0. The zero-order valence-corrected chi connectivity index (χ0v) is 17.4. The van der Waals surface area contributed by atoms with Gasteiger partial charge in [-0.25, -0.2) is 9.97 Å². The van der Waals surface area contributed by atoms with Gasteiger partial charge in [0.05, 0.1) is 29.0 Å². The molecule has 3 aromatic heterocycles. The molecule has 1 fully saturated rings. The third-order valence-corrected chi connectivity index (χ3v) is 5.58. The lowest BCUT2D eigenvalue weighted by molar-refractivity contribution is 0.264.